The van der Waals surface area contributed by atoms with Crippen LogP contribution in [-0.4, -0.2) is 4.98 Å². The van der Waals surface area contributed by atoms with Crippen LogP contribution in [0.4, 0.5) is 0 Å². The minimum absolute atomic E-state index is 0.289. The van der Waals surface area contributed by atoms with Crippen molar-refractivity contribution >= 4 is 33.2 Å². The van der Waals surface area contributed by atoms with E-state index in [0.29, 0.717) is 5.56 Å². The standard InChI is InChI=1S/C9H5ClN2S/c1-5-4-13-9-7(5)2-6(3-11)8(10)12-9/h2,4H,1H3. The lowest BCUT2D eigenvalue weighted by atomic mass is 10.2. The van der Waals surface area contributed by atoms with Gasteiger partial charge in [0.25, 0.3) is 0 Å². The van der Waals surface area contributed by atoms with E-state index in [1.54, 1.807) is 17.4 Å². The van der Waals surface area contributed by atoms with Gasteiger partial charge in [0.1, 0.15) is 16.1 Å². The molecular formula is C9H5ClN2S. The van der Waals surface area contributed by atoms with Crippen molar-refractivity contribution in [1.82, 2.24) is 4.98 Å². The quantitative estimate of drug-likeness (QED) is 0.624. The predicted octanol–water partition coefficient (Wildman–Crippen LogP) is 3.13. The van der Waals surface area contributed by atoms with Gasteiger partial charge in [0.15, 0.2) is 0 Å². The number of aromatic nitrogens is 1. The maximum absolute atomic E-state index is 8.74. The monoisotopic (exact) mass is 208 g/mol. The zero-order chi connectivity index (χ0) is 9.42. The number of nitriles is 1. The molecule has 0 aliphatic carbocycles. The number of aryl methyl sites for hydroxylation is 1. The fourth-order valence-corrected chi connectivity index (χ4v) is 2.27. The number of thiophene rings is 1. The summed E-state index contributed by atoms with van der Waals surface area (Å²) < 4.78 is 0. The van der Waals surface area contributed by atoms with E-state index in [-0.39, 0.29) is 5.15 Å². The normalized spacial score (nSPS) is 10.2. The van der Waals surface area contributed by atoms with E-state index in [2.05, 4.69) is 4.98 Å². The van der Waals surface area contributed by atoms with Crippen LogP contribution >= 0.6 is 22.9 Å². The molecule has 0 fully saturated rings. The molecular weight excluding hydrogens is 204 g/mol. The Balaban J connectivity index is 2.86. The Morgan fingerprint density at radius 2 is 2.38 bits per heavy atom. The number of halogens is 1. The molecule has 0 bridgehead atoms. The highest BCUT2D eigenvalue weighted by Crippen LogP contribution is 2.27. The molecule has 2 nitrogen and oxygen atoms in total. The molecule has 2 aromatic heterocycles. The van der Waals surface area contributed by atoms with Crippen molar-refractivity contribution in [1.29, 1.82) is 5.26 Å². The molecule has 2 aromatic rings. The van der Waals surface area contributed by atoms with Crippen LogP contribution in [0.2, 0.25) is 5.15 Å². The van der Waals surface area contributed by atoms with E-state index in [1.807, 2.05) is 18.4 Å². The molecule has 0 N–H and O–H groups in total. The zero-order valence-electron chi connectivity index (χ0n) is 6.84. The second-order valence-electron chi connectivity index (χ2n) is 2.71. The van der Waals surface area contributed by atoms with Crippen LogP contribution in [0.15, 0.2) is 11.4 Å². The third kappa shape index (κ3) is 1.28. The first-order valence-corrected chi connectivity index (χ1v) is 4.92. The summed E-state index contributed by atoms with van der Waals surface area (Å²) in [4.78, 5) is 5.02. The van der Waals surface area contributed by atoms with E-state index in [1.165, 1.54) is 0 Å². The van der Waals surface area contributed by atoms with Crippen LogP contribution in [0.1, 0.15) is 11.1 Å². The summed E-state index contributed by atoms with van der Waals surface area (Å²) in [5.41, 5.74) is 1.58. The molecule has 2 heterocycles. The molecule has 0 amide bonds. The highest BCUT2D eigenvalue weighted by atomic mass is 35.5. The van der Waals surface area contributed by atoms with Crippen LogP contribution in [0.3, 0.4) is 0 Å². The Morgan fingerprint density at radius 1 is 1.62 bits per heavy atom. The smallest absolute Gasteiger partial charge is 0.148 e. The maximum atomic E-state index is 8.74. The van der Waals surface area contributed by atoms with Gasteiger partial charge < -0.3 is 0 Å². The Morgan fingerprint density at radius 3 is 3.08 bits per heavy atom. The van der Waals surface area contributed by atoms with E-state index >= 15 is 0 Å². The molecule has 64 valence electrons. The molecule has 0 aliphatic heterocycles. The van der Waals surface area contributed by atoms with Gasteiger partial charge in [-0.1, -0.05) is 11.6 Å². The van der Waals surface area contributed by atoms with Crippen LogP contribution in [0, 0.1) is 18.3 Å². The summed E-state index contributed by atoms with van der Waals surface area (Å²) in [6, 6.07) is 3.80. The lowest BCUT2D eigenvalue weighted by Gasteiger charge is -1.94. The summed E-state index contributed by atoms with van der Waals surface area (Å²) in [7, 11) is 0. The second-order valence-corrected chi connectivity index (χ2v) is 3.93. The van der Waals surface area contributed by atoms with Gasteiger partial charge in [0, 0.05) is 5.39 Å². The van der Waals surface area contributed by atoms with Crippen LogP contribution < -0.4 is 0 Å². The maximum Gasteiger partial charge on any atom is 0.148 e. The highest BCUT2D eigenvalue weighted by molar-refractivity contribution is 7.16. The van der Waals surface area contributed by atoms with Crippen molar-refractivity contribution < 1.29 is 0 Å². The van der Waals surface area contributed by atoms with Crippen LogP contribution in [0.25, 0.3) is 10.2 Å². The second kappa shape index (κ2) is 2.99. The molecule has 13 heavy (non-hydrogen) atoms. The molecule has 0 aromatic carbocycles. The van der Waals surface area contributed by atoms with Crippen LogP contribution in [-0.2, 0) is 0 Å². The fourth-order valence-electron chi connectivity index (χ4n) is 1.13. The third-order valence-electron chi connectivity index (χ3n) is 1.83. The number of pyridine rings is 1. The Labute approximate surface area is 84.4 Å². The van der Waals surface area contributed by atoms with Crippen molar-refractivity contribution in [3.63, 3.8) is 0 Å². The van der Waals surface area contributed by atoms with Crippen molar-refractivity contribution in [2.75, 3.05) is 0 Å². The highest BCUT2D eigenvalue weighted by Gasteiger charge is 2.06. The van der Waals surface area contributed by atoms with Gasteiger partial charge in [-0.3, -0.25) is 0 Å². The average molecular weight is 209 g/mol. The first-order valence-electron chi connectivity index (χ1n) is 3.67. The molecule has 0 saturated heterocycles. The number of hydrogen-bond donors (Lipinski definition) is 0. The van der Waals surface area contributed by atoms with Gasteiger partial charge >= 0.3 is 0 Å². The van der Waals surface area contributed by atoms with Gasteiger partial charge in [-0.15, -0.1) is 11.3 Å². The zero-order valence-corrected chi connectivity index (χ0v) is 8.41. The van der Waals surface area contributed by atoms with Gasteiger partial charge in [-0.05, 0) is 23.9 Å². The summed E-state index contributed by atoms with van der Waals surface area (Å²) in [6.07, 6.45) is 0. The third-order valence-corrected chi connectivity index (χ3v) is 3.13. The lowest BCUT2D eigenvalue weighted by molar-refractivity contribution is 1.39. The molecule has 2 rings (SSSR count). The molecule has 0 spiro atoms. The molecule has 0 saturated carbocycles. The number of nitrogens with zero attached hydrogens (tertiary/aromatic N) is 2. The molecule has 0 radical (unpaired) electrons. The minimum atomic E-state index is 0.289. The number of hydrogen-bond acceptors (Lipinski definition) is 3. The largest absolute Gasteiger partial charge is 0.224 e. The summed E-state index contributed by atoms with van der Waals surface area (Å²) in [5, 5.41) is 12.1. The summed E-state index contributed by atoms with van der Waals surface area (Å²) >= 11 is 7.33. The van der Waals surface area contributed by atoms with Gasteiger partial charge in [-0.25, -0.2) is 4.98 Å². The van der Waals surface area contributed by atoms with Gasteiger partial charge in [0.05, 0.1) is 5.56 Å². The molecule has 0 atom stereocenters. The minimum Gasteiger partial charge on any atom is -0.224 e. The average Bonchev–Trinajstić information content (AvgIpc) is 2.46. The van der Waals surface area contributed by atoms with E-state index < -0.39 is 0 Å². The SMILES string of the molecule is Cc1csc2nc(Cl)c(C#N)cc12. The molecule has 0 unspecified atom stereocenters. The molecule has 0 aliphatic rings. The number of fused-ring (bicyclic) bond motifs is 1. The van der Waals surface area contributed by atoms with Crippen LogP contribution in [0.5, 0.6) is 0 Å². The predicted molar refractivity (Wildman–Crippen MR) is 54.1 cm³/mol. The Bertz CT molecular complexity index is 510. The topological polar surface area (TPSA) is 36.7 Å². The number of rotatable bonds is 0. The summed E-state index contributed by atoms with van der Waals surface area (Å²) in [6.45, 7) is 2.00. The first-order chi connectivity index (χ1) is 6.22. The fraction of sp³-hybridized carbons (Fsp3) is 0.111. The Hall–Kier alpha value is -1.11. The van der Waals surface area contributed by atoms with Crippen molar-refractivity contribution in [3.8, 4) is 6.07 Å². The summed E-state index contributed by atoms with van der Waals surface area (Å²) in [5.74, 6) is 0. The van der Waals surface area contributed by atoms with E-state index in [0.717, 1.165) is 15.8 Å². The Kier molecular flexibility index (Phi) is 1.95. The van der Waals surface area contributed by atoms with Crippen molar-refractivity contribution in [2.45, 2.75) is 6.92 Å². The molecule has 4 heteroatoms. The van der Waals surface area contributed by atoms with E-state index in [4.69, 9.17) is 16.9 Å². The van der Waals surface area contributed by atoms with Gasteiger partial charge in [-0.2, -0.15) is 5.26 Å². The van der Waals surface area contributed by atoms with Crippen molar-refractivity contribution in [3.05, 3.63) is 27.7 Å². The lowest BCUT2D eigenvalue weighted by Crippen LogP contribution is -1.82. The first kappa shape index (κ1) is 8.49. The van der Waals surface area contributed by atoms with Gasteiger partial charge in [0.2, 0.25) is 0 Å². The van der Waals surface area contributed by atoms with Crippen molar-refractivity contribution in [2.24, 2.45) is 0 Å². The van der Waals surface area contributed by atoms with E-state index in [9.17, 15) is 0 Å².